The Balaban J connectivity index is 1.92. The molecule has 0 unspecified atom stereocenters. The molecule has 0 atom stereocenters. The molecule has 0 aliphatic heterocycles. The van der Waals surface area contributed by atoms with E-state index in [2.05, 4.69) is 45.1 Å². The van der Waals surface area contributed by atoms with Crippen LogP contribution in [0.4, 0.5) is 0 Å². The Kier molecular flexibility index (Phi) is 5.53. The predicted molar refractivity (Wildman–Crippen MR) is 121 cm³/mol. The van der Waals surface area contributed by atoms with Crippen LogP contribution in [0.25, 0.3) is 27.0 Å². The van der Waals surface area contributed by atoms with Gasteiger partial charge in [0.2, 0.25) is 0 Å². The Hall–Kier alpha value is -2.84. The first-order valence-corrected chi connectivity index (χ1v) is 11.0. The average molecular weight is 483 g/mol. The van der Waals surface area contributed by atoms with Crippen molar-refractivity contribution in [2.24, 2.45) is 0 Å². The normalized spacial score (nSPS) is 11.2. The van der Waals surface area contributed by atoms with Gasteiger partial charge in [-0.2, -0.15) is 5.10 Å². The molecule has 0 spiro atoms. The van der Waals surface area contributed by atoms with Crippen molar-refractivity contribution in [2.45, 2.75) is 26.7 Å². The van der Waals surface area contributed by atoms with Crippen LogP contribution in [-0.2, 0) is 0 Å². The largest absolute Gasteiger partial charge is 0.476 e. The molecule has 4 aromatic rings. The highest BCUT2D eigenvalue weighted by Gasteiger charge is 2.26. The van der Waals surface area contributed by atoms with Crippen molar-refractivity contribution in [3.8, 4) is 27.0 Å². The fourth-order valence-corrected chi connectivity index (χ4v) is 4.89. The van der Waals surface area contributed by atoms with E-state index in [0.29, 0.717) is 15.2 Å². The summed E-state index contributed by atoms with van der Waals surface area (Å²) in [7, 11) is 0. The molecule has 4 rings (SSSR count). The summed E-state index contributed by atoms with van der Waals surface area (Å²) in [4.78, 5) is 11.8. The maximum atomic E-state index is 11.8. The molecule has 0 saturated carbocycles. The molecule has 0 saturated heterocycles. The lowest BCUT2D eigenvalue weighted by atomic mass is 10.0. The summed E-state index contributed by atoms with van der Waals surface area (Å²) in [5.41, 5.74) is 4.52. The molecule has 30 heavy (non-hydrogen) atoms. The average Bonchev–Trinajstić information content (AvgIpc) is 3.32. The molecule has 8 heteroatoms. The van der Waals surface area contributed by atoms with E-state index in [1.54, 1.807) is 4.68 Å². The number of halogens is 1. The van der Waals surface area contributed by atoms with Crippen molar-refractivity contribution in [2.75, 3.05) is 0 Å². The summed E-state index contributed by atoms with van der Waals surface area (Å²) in [6.45, 7) is 6.21. The minimum absolute atomic E-state index is 0.0594. The number of carboxylic acid groups (broad SMARTS) is 1. The number of rotatable bonds is 5. The lowest BCUT2D eigenvalue weighted by molar-refractivity contribution is 0.0689. The van der Waals surface area contributed by atoms with E-state index in [9.17, 15) is 9.90 Å². The van der Waals surface area contributed by atoms with Gasteiger partial charge in [0.15, 0.2) is 10.7 Å². The van der Waals surface area contributed by atoms with Gasteiger partial charge in [-0.3, -0.25) is 0 Å². The molecule has 0 aliphatic rings. The van der Waals surface area contributed by atoms with Crippen LogP contribution in [0, 0.1) is 6.92 Å². The monoisotopic (exact) mass is 482 g/mol. The van der Waals surface area contributed by atoms with Gasteiger partial charge in [-0.25, -0.2) is 9.48 Å². The second-order valence-corrected chi connectivity index (χ2v) is 8.99. The summed E-state index contributed by atoms with van der Waals surface area (Å²) in [5.74, 6) is -0.866. The van der Waals surface area contributed by atoms with Crippen LogP contribution in [0.1, 0.15) is 41.4 Å². The van der Waals surface area contributed by atoms with E-state index in [1.807, 2.05) is 55.5 Å². The van der Waals surface area contributed by atoms with Crippen LogP contribution in [0.2, 0.25) is 0 Å². The van der Waals surface area contributed by atoms with Crippen molar-refractivity contribution in [3.05, 3.63) is 69.8 Å². The number of aromatic carboxylic acids is 1. The first kappa shape index (κ1) is 20.4. The number of aromatic nitrogens is 4. The molecule has 0 bridgehead atoms. The van der Waals surface area contributed by atoms with Crippen LogP contribution in [0.3, 0.4) is 0 Å². The lowest BCUT2D eigenvalue weighted by Crippen LogP contribution is -2.06. The summed E-state index contributed by atoms with van der Waals surface area (Å²) in [5, 5.41) is 24.1. The zero-order valence-electron chi connectivity index (χ0n) is 16.6. The zero-order valence-corrected chi connectivity index (χ0v) is 19.0. The SMILES string of the molecule is Cc1cccc(-c2nnc(-c3c(Br)c(C(=O)O)nn3-c3ccccc3C(C)C)s2)c1. The molecule has 0 fully saturated rings. The molecule has 2 heterocycles. The number of aryl methyl sites for hydroxylation is 1. The third-order valence-electron chi connectivity index (χ3n) is 4.71. The van der Waals surface area contributed by atoms with Crippen molar-refractivity contribution in [1.82, 2.24) is 20.0 Å². The standard InChI is InChI=1S/C22H19BrN4O2S/c1-12(2)15-9-4-5-10-16(15)27-19(17(23)18(26-27)22(28)29)21-25-24-20(30-21)14-8-6-7-13(3)11-14/h4-12H,1-3H3,(H,28,29). The van der Waals surface area contributed by atoms with E-state index in [1.165, 1.54) is 11.3 Å². The maximum Gasteiger partial charge on any atom is 0.357 e. The number of para-hydroxylation sites is 1. The molecule has 1 N–H and O–H groups in total. The highest BCUT2D eigenvalue weighted by molar-refractivity contribution is 9.10. The van der Waals surface area contributed by atoms with Gasteiger partial charge in [0.25, 0.3) is 0 Å². The van der Waals surface area contributed by atoms with Crippen molar-refractivity contribution < 1.29 is 9.90 Å². The summed E-state index contributed by atoms with van der Waals surface area (Å²) < 4.78 is 2.05. The highest BCUT2D eigenvalue weighted by atomic mass is 79.9. The first-order chi connectivity index (χ1) is 14.4. The molecule has 0 radical (unpaired) electrons. The molecule has 0 amide bonds. The molecule has 2 aromatic heterocycles. The van der Waals surface area contributed by atoms with Gasteiger partial charge >= 0.3 is 5.97 Å². The van der Waals surface area contributed by atoms with E-state index >= 15 is 0 Å². The molecule has 6 nitrogen and oxygen atoms in total. The molecular formula is C22H19BrN4O2S. The van der Waals surface area contributed by atoms with Gasteiger partial charge in [-0.15, -0.1) is 10.2 Å². The quantitative estimate of drug-likeness (QED) is 0.380. The van der Waals surface area contributed by atoms with Crippen LogP contribution >= 0.6 is 27.3 Å². The Morgan fingerprint density at radius 2 is 1.83 bits per heavy atom. The second kappa shape index (κ2) is 8.12. The van der Waals surface area contributed by atoms with E-state index in [0.717, 1.165) is 27.4 Å². The Morgan fingerprint density at radius 3 is 2.53 bits per heavy atom. The second-order valence-electron chi connectivity index (χ2n) is 7.22. The van der Waals surface area contributed by atoms with Gasteiger partial charge in [-0.1, -0.05) is 67.1 Å². The number of nitrogens with zero attached hydrogens (tertiary/aromatic N) is 4. The van der Waals surface area contributed by atoms with Crippen LogP contribution in [0.15, 0.2) is 53.0 Å². The Bertz CT molecular complexity index is 1250. The van der Waals surface area contributed by atoms with Crippen molar-refractivity contribution in [1.29, 1.82) is 0 Å². The van der Waals surface area contributed by atoms with Crippen LogP contribution in [-0.4, -0.2) is 31.1 Å². The van der Waals surface area contributed by atoms with Crippen LogP contribution < -0.4 is 0 Å². The zero-order chi connectivity index (χ0) is 21.4. The number of carboxylic acids is 1. The number of hydrogen-bond donors (Lipinski definition) is 1. The number of carbonyl (C=O) groups is 1. The van der Waals surface area contributed by atoms with E-state index in [4.69, 9.17) is 0 Å². The summed E-state index contributed by atoms with van der Waals surface area (Å²) >= 11 is 4.85. The highest BCUT2D eigenvalue weighted by Crippen LogP contribution is 2.38. The fourth-order valence-electron chi connectivity index (χ4n) is 3.28. The number of hydrogen-bond acceptors (Lipinski definition) is 5. The molecule has 152 valence electrons. The third-order valence-corrected chi connectivity index (χ3v) is 6.44. The minimum Gasteiger partial charge on any atom is -0.476 e. The van der Waals surface area contributed by atoms with Gasteiger partial charge in [0, 0.05) is 5.56 Å². The number of benzene rings is 2. The van der Waals surface area contributed by atoms with Gasteiger partial charge in [0.1, 0.15) is 10.7 Å². The minimum atomic E-state index is -1.10. The van der Waals surface area contributed by atoms with Crippen LogP contribution in [0.5, 0.6) is 0 Å². The molecule has 0 aliphatic carbocycles. The Labute approximate surface area is 186 Å². The summed E-state index contributed by atoms with van der Waals surface area (Å²) in [6.07, 6.45) is 0. The fraction of sp³-hybridized carbons (Fsp3) is 0.182. The van der Waals surface area contributed by atoms with Crippen molar-refractivity contribution in [3.63, 3.8) is 0 Å². The molecular weight excluding hydrogens is 464 g/mol. The Morgan fingerprint density at radius 1 is 1.10 bits per heavy atom. The topological polar surface area (TPSA) is 80.9 Å². The lowest BCUT2D eigenvalue weighted by Gasteiger charge is -2.14. The van der Waals surface area contributed by atoms with E-state index in [-0.39, 0.29) is 11.6 Å². The maximum absolute atomic E-state index is 11.8. The molecule has 2 aromatic carbocycles. The summed E-state index contributed by atoms with van der Waals surface area (Å²) in [6, 6.07) is 15.9. The van der Waals surface area contributed by atoms with Crippen molar-refractivity contribution >= 4 is 33.2 Å². The van der Waals surface area contributed by atoms with Gasteiger partial charge < -0.3 is 5.11 Å². The third kappa shape index (κ3) is 3.68. The van der Waals surface area contributed by atoms with Gasteiger partial charge in [-0.05, 0) is 46.5 Å². The predicted octanol–water partition coefficient (Wildman–Crippen LogP) is 5.95. The smallest absolute Gasteiger partial charge is 0.357 e. The van der Waals surface area contributed by atoms with Gasteiger partial charge in [0.05, 0.1) is 10.2 Å². The first-order valence-electron chi connectivity index (χ1n) is 9.39. The van der Waals surface area contributed by atoms with E-state index < -0.39 is 5.97 Å².